The Bertz CT molecular complexity index is 794. The molecule has 3 aromatic rings. The Balaban J connectivity index is 1.40. The first-order valence-corrected chi connectivity index (χ1v) is 7.81. The zero-order valence-electron chi connectivity index (χ0n) is 12.4. The summed E-state index contributed by atoms with van der Waals surface area (Å²) in [6, 6.07) is 12.5. The molecule has 2 aromatic heterocycles. The van der Waals surface area contributed by atoms with E-state index in [0.717, 1.165) is 42.2 Å². The second-order valence-electron chi connectivity index (χ2n) is 5.67. The standard InChI is InChI=1S/C18H19N3O/c1-2-13-3-4-15(21-18(13)20-9-1)8-11-22-16-5-6-17-14(12-16)7-10-19-17/h3-7,10,12,19H,1-2,8-9,11H2,(H,20,21). The maximum absolute atomic E-state index is 5.86. The molecular weight excluding hydrogens is 274 g/mol. The highest BCUT2D eigenvalue weighted by atomic mass is 16.5. The average molecular weight is 293 g/mol. The van der Waals surface area contributed by atoms with Crippen LogP contribution in [0.3, 0.4) is 0 Å². The maximum atomic E-state index is 5.86. The van der Waals surface area contributed by atoms with Gasteiger partial charge in [0.1, 0.15) is 11.6 Å². The Morgan fingerprint density at radius 3 is 3.14 bits per heavy atom. The van der Waals surface area contributed by atoms with Crippen molar-refractivity contribution in [1.29, 1.82) is 0 Å². The van der Waals surface area contributed by atoms with Crippen LogP contribution in [0, 0.1) is 0 Å². The Morgan fingerprint density at radius 1 is 1.14 bits per heavy atom. The van der Waals surface area contributed by atoms with Crippen LogP contribution >= 0.6 is 0 Å². The van der Waals surface area contributed by atoms with Crippen molar-refractivity contribution in [1.82, 2.24) is 9.97 Å². The fourth-order valence-corrected chi connectivity index (χ4v) is 2.90. The van der Waals surface area contributed by atoms with Crippen LogP contribution in [-0.4, -0.2) is 23.1 Å². The Hall–Kier alpha value is -2.49. The number of aromatic nitrogens is 2. The zero-order chi connectivity index (χ0) is 14.8. The minimum Gasteiger partial charge on any atom is -0.493 e. The fourth-order valence-electron chi connectivity index (χ4n) is 2.90. The molecule has 0 bridgehead atoms. The van der Waals surface area contributed by atoms with Gasteiger partial charge in [0.05, 0.1) is 6.61 Å². The van der Waals surface area contributed by atoms with Gasteiger partial charge in [0.25, 0.3) is 0 Å². The summed E-state index contributed by atoms with van der Waals surface area (Å²) in [4.78, 5) is 7.88. The van der Waals surface area contributed by atoms with Crippen molar-refractivity contribution < 1.29 is 4.74 Å². The minimum atomic E-state index is 0.641. The number of aryl methyl sites for hydroxylation is 1. The minimum absolute atomic E-state index is 0.641. The van der Waals surface area contributed by atoms with E-state index in [4.69, 9.17) is 9.72 Å². The normalized spacial score (nSPS) is 13.6. The number of pyridine rings is 1. The molecule has 22 heavy (non-hydrogen) atoms. The third-order valence-electron chi connectivity index (χ3n) is 4.10. The van der Waals surface area contributed by atoms with E-state index in [0.29, 0.717) is 6.61 Å². The van der Waals surface area contributed by atoms with Gasteiger partial charge in [-0.2, -0.15) is 0 Å². The lowest BCUT2D eigenvalue weighted by Crippen LogP contribution is -2.14. The highest BCUT2D eigenvalue weighted by molar-refractivity contribution is 5.80. The first-order chi connectivity index (χ1) is 10.9. The quantitative estimate of drug-likeness (QED) is 0.773. The van der Waals surface area contributed by atoms with Crippen molar-refractivity contribution in [3.05, 3.63) is 53.9 Å². The second kappa shape index (κ2) is 5.72. The van der Waals surface area contributed by atoms with Crippen LogP contribution in [-0.2, 0) is 12.8 Å². The van der Waals surface area contributed by atoms with Gasteiger partial charge in [-0.1, -0.05) is 6.07 Å². The van der Waals surface area contributed by atoms with E-state index in [2.05, 4.69) is 34.6 Å². The van der Waals surface area contributed by atoms with Gasteiger partial charge in [0, 0.05) is 35.8 Å². The van der Waals surface area contributed by atoms with Crippen LogP contribution in [0.1, 0.15) is 17.7 Å². The first-order valence-electron chi connectivity index (χ1n) is 7.81. The molecule has 0 saturated carbocycles. The van der Waals surface area contributed by atoms with E-state index in [-0.39, 0.29) is 0 Å². The lowest BCUT2D eigenvalue weighted by Gasteiger charge is -2.17. The monoisotopic (exact) mass is 293 g/mol. The molecule has 4 heteroatoms. The molecule has 3 heterocycles. The highest BCUT2D eigenvalue weighted by Gasteiger charge is 2.10. The van der Waals surface area contributed by atoms with Crippen molar-refractivity contribution >= 4 is 16.7 Å². The lowest BCUT2D eigenvalue weighted by atomic mass is 10.1. The molecule has 0 saturated heterocycles. The van der Waals surface area contributed by atoms with Crippen LogP contribution in [0.5, 0.6) is 5.75 Å². The van der Waals surface area contributed by atoms with Gasteiger partial charge in [-0.05, 0) is 48.7 Å². The van der Waals surface area contributed by atoms with Crippen molar-refractivity contribution in [3.8, 4) is 5.75 Å². The predicted octanol–water partition coefficient (Wildman–Crippen LogP) is 3.54. The molecule has 4 nitrogen and oxygen atoms in total. The largest absolute Gasteiger partial charge is 0.493 e. The Morgan fingerprint density at radius 2 is 2.14 bits per heavy atom. The number of hydrogen-bond acceptors (Lipinski definition) is 3. The number of nitrogens with zero attached hydrogens (tertiary/aromatic N) is 1. The van der Waals surface area contributed by atoms with Crippen molar-refractivity contribution in [2.24, 2.45) is 0 Å². The second-order valence-corrected chi connectivity index (χ2v) is 5.67. The van der Waals surface area contributed by atoms with E-state index < -0.39 is 0 Å². The number of fused-ring (bicyclic) bond motifs is 2. The van der Waals surface area contributed by atoms with Crippen LogP contribution < -0.4 is 10.1 Å². The smallest absolute Gasteiger partial charge is 0.129 e. The zero-order valence-corrected chi connectivity index (χ0v) is 12.4. The first kappa shape index (κ1) is 13.2. The third-order valence-corrected chi connectivity index (χ3v) is 4.10. The summed E-state index contributed by atoms with van der Waals surface area (Å²) in [5.41, 5.74) is 3.54. The van der Waals surface area contributed by atoms with Crippen molar-refractivity contribution in [3.63, 3.8) is 0 Å². The molecule has 0 atom stereocenters. The number of H-pyrrole nitrogens is 1. The molecule has 112 valence electrons. The summed E-state index contributed by atoms with van der Waals surface area (Å²) in [5.74, 6) is 1.96. The number of rotatable bonds is 4. The molecule has 1 aromatic carbocycles. The molecule has 1 aliphatic rings. The average Bonchev–Trinajstić information content (AvgIpc) is 3.02. The van der Waals surface area contributed by atoms with Gasteiger partial charge in [0.15, 0.2) is 0 Å². The van der Waals surface area contributed by atoms with Crippen LogP contribution in [0.25, 0.3) is 10.9 Å². The number of aromatic amines is 1. The van der Waals surface area contributed by atoms with E-state index in [1.807, 2.05) is 18.3 Å². The molecule has 0 amide bonds. The van der Waals surface area contributed by atoms with Gasteiger partial charge in [-0.25, -0.2) is 4.98 Å². The van der Waals surface area contributed by atoms with Gasteiger partial charge in [-0.15, -0.1) is 0 Å². The fraction of sp³-hybridized carbons (Fsp3) is 0.278. The summed E-state index contributed by atoms with van der Waals surface area (Å²) in [7, 11) is 0. The van der Waals surface area contributed by atoms with E-state index in [1.54, 1.807) is 0 Å². The predicted molar refractivity (Wildman–Crippen MR) is 88.5 cm³/mol. The Kier molecular flexibility index (Phi) is 3.43. The summed E-state index contributed by atoms with van der Waals surface area (Å²) in [6.45, 7) is 1.67. The number of hydrogen-bond donors (Lipinski definition) is 2. The lowest BCUT2D eigenvalue weighted by molar-refractivity contribution is 0.321. The molecule has 1 aliphatic heterocycles. The molecule has 0 spiro atoms. The summed E-state index contributed by atoms with van der Waals surface area (Å²) >= 11 is 0. The summed E-state index contributed by atoms with van der Waals surface area (Å²) in [5, 5.41) is 4.55. The number of benzene rings is 1. The topological polar surface area (TPSA) is 49.9 Å². The third kappa shape index (κ3) is 2.64. The maximum Gasteiger partial charge on any atom is 0.129 e. The SMILES string of the molecule is c1cc2cc(OCCc3ccc4c(n3)NCCC4)ccc2[nH]1. The van der Waals surface area contributed by atoms with E-state index >= 15 is 0 Å². The molecular formula is C18H19N3O. The van der Waals surface area contributed by atoms with Gasteiger partial charge in [-0.3, -0.25) is 0 Å². The van der Waals surface area contributed by atoms with Gasteiger partial charge in [0.2, 0.25) is 0 Å². The highest BCUT2D eigenvalue weighted by Crippen LogP contribution is 2.21. The Labute approximate surface area is 129 Å². The molecule has 4 rings (SSSR count). The number of nitrogens with one attached hydrogen (secondary N) is 2. The van der Waals surface area contributed by atoms with Crippen LogP contribution in [0.4, 0.5) is 5.82 Å². The molecule has 0 aliphatic carbocycles. The van der Waals surface area contributed by atoms with Crippen LogP contribution in [0.2, 0.25) is 0 Å². The molecule has 0 unspecified atom stereocenters. The van der Waals surface area contributed by atoms with Crippen LogP contribution in [0.15, 0.2) is 42.6 Å². The molecule has 0 radical (unpaired) electrons. The summed E-state index contributed by atoms with van der Waals surface area (Å²) in [6.07, 6.45) is 5.08. The van der Waals surface area contributed by atoms with Gasteiger partial charge < -0.3 is 15.0 Å². The van der Waals surface area contributed by atoms with Gasteiger partial charge >= 0.3 is 0 Å². The number of anilines is 1. The van der Waals surface area contributed by atoms with Crippen molar-refractivity contribution in [2.75, 3.05) is 18.5 Å². The van der Waals surface area contributed by atoms with E-state index in [9.17, 15) is 0 Å². The van der Waals surface area contributed by atoms with Crippen molar-refractivity contribution in [2.45, 2.75) is 19.3 Å². The molecule has 2 N–H and O–H groups in total. The number of ether oxygens (including phenoxy) is 1. The van der Waals surface area contributed by atoms with E-state index in [1.165, 1.54) is 17.4 Å². The molecule has 0 fully saturated rings. The summed E-state index contributed by atoms with van der Waals surface area (Å²) < 4.78 is 5.86.